The quantitative estimate of drug-likeness (QED) is 0.590. The molecule has 24 heavy (non-hydrogen) atoms. The van der Waals surface area contributed by atoms with Gasteiger partial charge in [-0.05, 0) is 35.5 Å². The van der Waals surface area contributed by atoms with Gasteiger partial charge in [0, 0.05) is 5.92 Å². The molecule has 1 aliphatic carbocycles. The van der Waals surface area contributed by atoms with Crippen LogP contribution in [-0.4, -0.2) is 32.7 Å². The van der Waals surface area contributed by atoms with E-state index in [9.17, 15) is 4.79 Å². The van der Waals surface area contributed by atoms with E-state index in [0.29, 0.717) is 11.8 Å². The van der Waals surface area contributed by atoms with E-state index in [4.69, 9.17) is 9.16 Å². The molecule has 5 atom stereocenters. The van der Waals surface area contributed by atoms with Crippen molar-refractivity contribution in [1.29, 1.82) is 0 Å². The zero-order chi connectivity index (χ0) is 18.4. The maximum Gasteiger partial charge on any atom is 0.408 e. The fourth-order valence-electron chi connectivity index (χ4n) is 3.55. The molecule has 0 bridgehead atoms. The van der Waals surface area contributed by atoms with Crippen LogP contribution in [0.1, 0.15) is 48.5 Å². The van der Waals surface area contributed by atoms with Crippen molar-refractivity contribution in [2.45, 2.75) is 84.8 Å². The summed E-state index contributed by atoms with van der Waals surface area (Å²) in [6.07, 6.45) is 1.92. The van der Waals surface area contributed by atoms with Crippen molar-refractivity contribution >= 4 is 14.4 Å². The number of carbonyl (C=O) groups excluding carboxylic acids is 1. The third-order valence-corrected chi connectivity index (χ3v) is 10.6. The maximum absolute atomic E-state index is 11.9. The lowest BCUT2D eigenvalue weighted by molar-refractivity contribution is 0.0687. The van der Waals surface area contributed by atoms with E-state index < -0.39 is 8.32 Å². The molecule has 4 nitrogen and oxygen atoms in total. The number of fused-ring (bicyclic) bond motifs is 1. The Balaban J connectivity index is 2.38. The SMILES string of the molecule is CC(C)C1=C[C@H](C)[C@H](O[Si](C)(C)C(C)(C)C)[C@H](C)[C@H]2NC(=O)O[C@@H]12. The van der Waals surface area contributed by atoms with Gasteiger partial charge < -0.3 is 14.5 Å². The first-order valence-corrected chi connectivity index (χ1v) is 12.1. The van der Waals surface area contributed by atoms with E-state index in [-0.39, 0.29) is 35.3 Å². The third-order valence-electron chi connectivity index (χ3n) is 6.14. The summed E-state index contributed by atoms with van der Waals surface area (Å²) in [6, 6.07) is -0.00846. The summed E-state index contributed by atoms with van der Waals surface area (Å²) in [6.45, 7) is 20.2. The highest BCUT2D eigenvalue weighted by molar-refractivity contribution is 6.74. The van der Waals surface area contributed by atoms with Crippen LogP contribution in [0.15, 0.2) is 11.6 Å². The molecule has 0 aromatic heterocycles. The number of ether oxygens (including phenoxy) is 1. The van der Waals surface area contributed by atoms with Gasteiger partial charge in [-0.1, -0.05) is 54.5 Å². The zero-order valence-electron chi connectivity index (χ0n) is 16.8. The van der Waals surface area contributed by atoms with Gasteiger partial charge in [0.25, 0.3) is 0 Å². The number of alkyl carbamates (subject to hydrolysis) is 1. The van der Waals surface area contributed by atoms with Gasteiger partial charge in [0.2, 0.25) is 0 Å². The molecule has 5 heteroatoms. The van der Waals surface area contributed by atoms with Crippen molar-refractivity contribution in [3.8, 4) is 0 Å². The van der Waals surface area contributed by atoms with Gasteiger partial charge in [-0.2, -0.15) is 0 Å². The lowest BCUT2D eigenvalue weighted by atomic mass is 9.87. The summed E-state index contributed by atoms with van der Waals surface area (Å²) in [5.41, 5.74) is 1.22. The van der Waals surface area contributed by atoms with Crippen LogP contribution in [0.3, 0.4) is 0 Å². The van der Waals surface area contributed by atoms with E-state index in [2.05, 4.69) is 73.0 Å². The summed E-state index contributed by atoms with van der Waals surface area (Å²) >= 11 is 0. The molecule has 0 radical (unpaired) electrons. The van der Waals surface area contributed by atoms with Crippen molar-refractivity contribution in [3.63, 3.8) is 0 Å². The first kappa shape index (κ1) is 19.5. The number of carbonyl (C=O) groups is 1. The highest BCUT2D eigenvalue weighted by atomic mass is 28.4. The smallest absolute Gasteiger partial charge is 0.408 e. The Morgan fingerprint density at radius 2 is 1.83 bits per heavy atom. The number of amides is 1. The van der Waals surface area contributed by atoms with Gasteiger partial charge >= 0.3 is 6.09 Å². The van der Waals surface area contributed by atoms with E-state index in [1.165, 1.54) is 5.57 Å². The lowest BCUT2D eigenvalue weighted by Crippen LogP contribution is -2.51. The molecule has 0 saturated carbocycles. The summed E-state index contributed by atoms with van der Waals surface area (Å²) in [4.78, 5) is 11.9. The van der Waals surface area contributed by atoms with Crippen molar-refractivity contribution in [2.24, 2.45) is 17.8 Å². The Kier molecular flexibility index (Phi) is 5.27. The Labute approximate surface area is 148 Å². The third kappa shape index (κ3) is 3.57. The molecule has 1 saturated heterocycles. The highest BCUT2D eigenvalue weighted by Crippen LogP contribution is 2.42. The summed E-state index contributed by atoms with van der Waals surface area (Å²) in [7, 11) is -1.89. The Bertz CT molecular complexity index is 521. The summed E-state index contributed by atoms with van der Waals surface area (Å²) in [5, 5.41) is 3.20. The van der Waals surface area contributed by atoms with E-state index in [1.54, 1.807) is 0 Å². The van der Waals surface area contributed by atoms with E-state index in [0.717, 1.165) is 0 Å². The monoisotopic (exact) mass is 353 g/mol. The molecule has 0 unspecified atom stereocenters. The number of rotatable bonds is 3. The maximum atomic E-state index is 11.9. The molecule has 1 amide bonds. The molecular formula is C19H35NO3Si. The molecule has 1 fully saturated rings. The predicted molar refractivity (Wildman–Crippen MR) is 101 cm³/mol. The zero-order valence-corrected chi connectivity index (χ0v) is 17.8. The fourth-order valence-corrected chi connectivity index (χ4v) is 5.01. The van der Waals surface area contributed by atoms with Gasteiger partial charge in [0.15, 0.2) is 8.32 Å². The van der Waals surface area contributed by atoms with Crippen LogP contribution in [0.5, 0.6) is 0 Å². The van der Waals surface area contributed by atoms with Crippen molar-refractivity contribution < 1.29 is 14.0 Å². The van der Waals surface area contributed by atoms with Gasteiger partial charge in [0.1, 0.15) is 6.10 Å². The topological polar surface area (TPSA) is 47.6 Å². The van der Waals surface area contributed by atoms with Crippen LogP contribution < -0.4 is 5.32 Å². The molecular weight excluding hydrogens is 318 g/mol. The minimum atomic E-state index is -1.89. The first-order chi connectivity index (χ1) is 10.8. The highest BCUT2D eigenvalue weighted by Gasteiger charge is 2.49. The van der Waals surface area contributed by atoms with Crippen LogP contribution >= 0.6 is 0 Å². The average molecular weight is 354 g/mol. The van der Waals surface area contributed by atoms with E-state index in [1.807, 2.05) is 0 Å². The minimum Gasteiger partial charge on any atom is -0.439 e. The second-order valence-electron chi connectivity index (χ2n) is 9.38. The van der Waals surface area contributed by atoms with Crippen molar-refractivity contribution in [1.82, 2.24) is 5.32 Å². The molecule has 2 aliphatic rings. The first-order valence-electron chi connectivity index (χ1n) is 9.21. The molecule has 1 heterocycles. The molecule has 0 aromatic carbocycles. The van der Waals surface area contributed by atoms with Crippen molar-refractivity contribution in [2.75, 3.05) is 0 Å². The summed E-state index contributed by atoms with van der Waals surface area (Å²) < 4.78 is 12.4. The van der Waals surface area contributed by atoms with Gasteiger partial charge in [-0.3, -0.25) is 0 Å². The lowest BCUT2D eigenvalue weighted by Gasteiger charge is -2.43. The van der Waals surface area contributed by atoms with Gasteiger partial charge in [-0.15, -0.1) is 0 Å². The molecule has 1 aliphatic heterocycles. The van der Waals surface area contributed by atoms with Crippen LogP contribution in [0.25, 0.3) is 0 Å². The standard InChI is InChI=1S/C19H35NO3Si/c1-11(2)14-10-12(3)16(23-24(8,9)19(5,6)7)13(4)15-17(14)22-18(21)20-15/h10-13,15-17H,1-9H3,(H,20,21)/t12-,13+,15+,16-,17-/m0/s1. The second kappa shape index (κ2) is 6.49. The Morgan fingerprint density at radius 1 is 1.25 bits per heavy atom. The van der Waals surface area contributed by atoms with E-state index >= 15 is 0 Å². The Hall–Kier alpha value is -0.813. The normalized spacial score (nSPS) is 34.3. The molecule has 0 spiro atoms. The molecule has 2 rings (SSSR count). The predicted octanol–water partition coefficient (Wildman–Crippen LogP) is 4.72. The van der Waals surface area contributed by atoms with Crippen LogP contribution in [0.2, 0.25) is 18.1 Å². The molecule has 138 valence electrons. The largest absolute Gasteiger partial charge is 0.439 e. The van der Waals surface area contributed by atoms with Crippen LogP contribution in [-0.2, 0) is 9.16 Å². The fraction of sp³-hybridized carbons (Fsp3) is 0.842. The minimum absolute atomic E-state index is 0.00846. The van der Waals surface area contributed by atoms with Gasteiger partial charge in [0.05, 0.1) is 12.1 Å². The summed E-state index contributed by atoms with van der Waals surface area (Å²) in [5.74, 6) is 0.863. The molecule has 0 aromatic rings. The average Bonchev–Trinajstić information content (AvgIpc) is 2.77. The number of hydrogen-bond acceptors (Lipinski definition) is 3. The number of nitrogens with one attached hydrogen (secondary N) is 1. The molecule has 1 N–H and O–H groups in total. The van der Waals surface area contributed by atoms with Crippen molar-refractivity contribution in [3.05, 3.63) is 11.6 Å². The second-order valence-corrected chi connectivity index (χ2v) is 14.1. The number of hydrogen-bond donors (Lipinski definition) is 1. The van der Waals surface area contributed by atoms with Gasteiger partial charge in [-0.25, -0.2) is 4.79 Å². The van der Waals surface area contributed by atoms with Crippen LogP contribution in [0.4, 0.5) is 4.79 Å². The Morgan fingerprint density at radius 3 is 2.33 bits per heavy atom. The van der Waals surface area contributed by atoms with Crippen LogP contribution in [0, 0.1) is 17.8 Å².